The largest absolute Gasteiger partial charge is 0.488 e. The second kappa shape index (κ2) is 6.91. The molecule has 0 radical (unpaired) electrons. The molecule has 0 aliphatic carbocycles. The molecule has 1 heterocycles. The van der Waals surface area contributed by atoms with Gasteiger partial charge < -0.3 is 9.84 Å². The first kappa shape index (κ1) is 14.3. The van der Waals surface area contributed by atoms with Crippen LogP contribution in [-0.4, -0.2) is 11.1 Å². The van der Waals surface area contributed by atoms with Crippen LogP contribution in [0.25, 0.3) is 6.08 Å². The lowest BCUT2D eigenvalue weighted by Gasteiger charge is -2.05. The van der Waals surface area contributed by atoms with Crippen molar-refractivity contribution >= 4 is 23.4 Å². The quantitative estimate of drug-likeness (QED) is 0.818. The van der Waals surface area contributed by atoms with Crippen molar-refractivity contribution in [1.82, 2.24) is 0 Å². The third kappa shape index (κ3) is 4.24. The Hall–Kier alpha value is -2.07. The summed E-state index contributed by atoms with van der Waals surface area (Å²) in [6.07, 6.45) is 3.71. The van der Waals surface area contributed by atoms with Crippen LogP contribution in [0.5, 0.6) is 5.75 Å². The molecular weight excluding hydrogens is 272 g/mol. The zero-order chi connectivity index (χ0) is 14.4. The lowest BCUT2D eigenvalue weighted by Crippen LogP contribution is -1.93. The van der Waals surface area contributed by atoms with E-state index in [1.807, 2.05) is 29.6 Å². The summed E-state index contributed by atoms with van der Waals surface area (Å²) in [7, 11) is 0. The molecule has 0 spiro atoms. The van der Waals surface area contributed by atoms with Crippen LogP contribution in [0.15, 0.2) is 41.8 Å². The van der Waals surface area contributed by atoms with E-state index in [1.54, 1.807) is 17.4 Å². The summed E-state index contributed by atoms with van der Waals surface area (Å²) in [5.74, 6) is -0.0780. The molecule has 0 aliphatic rings. The lowest BCUT2D eigenvalue weighted by molar-refractivity contribution is -0.131. The number of aryl methyl sites for hydroxylation is 1. The van der Waals surface area contributed by atoms with Crippen molar-refractivity contribution in [1.29, 1.82) is 0 Å². The summed E-state index contributed by atoms with van der Waals surface area (Å²) in [6, 6.07) is 9.99. The number of ether oxygens (including phenoxy) is 1. The number of benzene rings is 1. The Kier molecular flexibility index (Phi) is 4.96. The number of aliphatic carboxylic acids is 1. The molecule has 0 saturated carbocycles. The molecule has 0 saturated heterocycles. The van der Waals surface area contributed by atoms with E-state index in [-0.39, 0.29) is 0 Å². The van der Waals surface area contributed by atoms with Gasteiger partial charge in [0.1, 0.15) is 12.4 Å². The Bertz CT molecular complexity index is 614. The topological polar surface area (TPSA) is 46.5 Å². The molecule has 0 unspecified atom stereocenters. The molecule has 0 aliphatic heterocycles. The maximum atomic E-state index is 10.4. The number of carboxylic acids is 1. The zero-order valence-corrected chi connectivity index (χ0v) is 12.0. The van der Waals surface area contributed by atoms with Gasteiger partial charge in [0, 0.05) is 11.0 Å². The van der Waals surface area contributed by atoms with Gasteiger partial charge in [0.05, 0.1) is 0 Å². The summed E-state index contributed by atoms with van der Waals surface area (Å²) >= 11 is 1.56. The number of thiophene rings is 1. The van der Waals surface area contributed by atoms with Gasteiger partial charge in [-0.15, -0.1) is 11.3 Å². The Morgan fingerprint density at radius 2 is 2.25 bits per heavy atom. The fourth-order valence-corrected chi connectivity index (χ4v) is 2.50. The lowest BCUT2D eigenvalue weighted by atomic mass is 10.2. The first-order chi connectivity index (χ1) is 9.67. The summed E-state index contributed by atoms with van der Waals surface area (Å²) in [6.45, 7) is 2.61. The fourth-order valence-electron chi connectivity index (χ4n) is 1.74. The van der Waals surface area contributed by atoms with Crippen LogP contribution in [0.1, 0.15) is 22.9 Å². The highest BCUT2D eigenvalue weighted by Gasteiger charge is 2.01. The average molecular weight is 288 g/mol. The van der Waals surface area contributed by atoms with E-state index in [4.69, 9.17) is 9.84 Å². The van der Waals surface area contributed by atoms with E-state index in [0.717, 1.165) is 28.7 Å². The summed E-state index contributed by atoms with van der Waals surface area (Å²) < 4.78 is 5.74. The van der Waals surface area contributed by atoms with Gasteiger partial charge in [0.15, 0.2) is 0 Å². The van der Waals surface area contributed by atoms with Crippen LogP contribution in [0, 0.1) is 0 Å². The maximum absolute atomic E-state index is 10.4. The van der Waals surface area contributed by atoms with Gasteiger partial charge in [-0.25, -0.2) is 4.79 Å². The van der Waals surface area contributed by atoms with E-state index >= 15 is 0 Å². The highest BCUT2D eigenvalue weighted by molar-refractivity contribution is 7.10. The highest BCUT2D eigenvalue weighted by Crippen LogP contribution is 2.20. The highest BCUT2D eigenvalue weighted by atomic mass is 32.1. The van der Waals surface area contributed by atoms with Gasteiger partial charge in [-0.3, -0.25) is 0 Å². The van der Waals surface area contributed by atoms with E-state index in [1.165, 1.54) is 5.56 Å². The van der Waals surface area contributed by atoms with Crippen LogP contribution in [0.3, 0.4) is 0 Å². The molecule has 4 heteroatoms. The van der Waals surface area contributed by atoms with Crippen LogP contribution in [0.4, 0.5) is 0 Å². The Balaban J connectivity index is 1.95. The van der Waals surface area contributed by atoms with Gasteiger partial charge in [0.2, 0.25) is 0 Å². The van der Waals surface area contributed by atoms with Crippen molar-refractivity contribution in [3.8, 4) is 5.75 Å². The Labute approximate surface area is 122 Å². The minimum atomic E-state index is -0.939. The van der Waals surface area contributed by atoms with Crippen molar-refractivity contribution in [2.24, 2.45) is 0 Å². The first-order valence-electron chi connectivity index (χ1n) is 6.37. The van der Waals surface area contributed by atoms with Crippen molar-refractivity contribution < 1.29 is 14.6 Å². The molecular formula is C16H16O3S. The van der Waals surface area contributed by atoms with Gasteiger partial charge in [-0.2, -0.15) is 0 Å². The predicted molar refractivity (Wildman–Crippen MR) is 81.1 cm³/mol. The first-order valence-corrected chi connectivity index (χ1v) is 7.25. The van der Waals surface area contributed by atoms with Crippen LogP contribution in [-0.2, 0) is 17.8 Å². The number of carbonyl (C=O) groups is 1. The predicted octanol–water partition coefficient (Wildman–Crippen LogP) is 3.99. The van der Waals surface area contributed by atoms with Crippen molar-refractivity contribution in [3.63, 3.8) is 0 Å². The molecule has 0 fully saturated rings. The molecule has 1 aromatic carbocycles. The van der Waals surface area contributed by atoms with Crippen molar-refractivity contribution in [2.45, 2.75) is 20.0 Å². The van der Waals surface area contributed by atoms with Gasteiger partial charge >= 0.3 is 5.97 Å². The molecule has 2 aromatic rings. The third-order valence-corrected chi connectivity index (χ3v) is 3.71. The monoisotopic (exact) mass is 288 g/mol. The minimum absolute atomic E-state index is 0.499. The van der Waals surface area contributed by atoms with E-state index in [2.05, 4.69) is 13.0 Å². The number of carboxylic acid groups (broad SMARTS) is 1. The minimum Gasteiger partial charge on any atom is -0.488 e. The molecule has 3 nitrogen and oxygen atoms in total. The van der Waals surface area contributed by atoms with Gasteiger partial charge in [-0.1, -0.05) is 19.1 Å². The van der Waals surface area contributed by atoms with E-state index < -0.39 is 5.97 Å². The van der Waals surface area contributed by atoms with Crippen LogP contribution < -0.4 is 4.74 Å². The van der Waals surface area contributed by atoms with E-state index in [9.17, 15) is 4.79 Å². The molecule has 20 heavy (non-hydrogen) atoms. The van der Waals surface area contributed by atoms with Gasteiger partial charge in [-0.05, 0) is 47.2 Å². The molecule has 0 amide bonds. The fraction of sp³-hybridized carbons (Fsp3) is 0.188. The molecule has 2 rings (SSSR count). The molecule has 0 bridgehead atoms. The normalized spacial score (nSPS) is 10.8. The molecule has 104 valence electrons. The van der Waals surface area contributed by atoms with Crippen molar-refractivity contribution in [2.75, 3.05) is 0 Å². The standard InChI is InChI=1S/C16H16O3S/c1-2-12-4-3-5-14(8-12)19-10-15-9-13(11-20-15)6-7-16(17)18/h3-9,11H,2,10H2,1H3,(H,17,18). The van der Waals surface area contributed by atoms with E-state index in [0.29, 0.717) is 6.61 Å². The molecule has 0 atom stereocenters. The number of rotatable bonds is 6. The Morgan fingerprint density at radius 1 is 1.40 bits per heavy atom. The second-order valence-electron chi connectivity index (χ2n) is 4.31. The van der Waals surface area contributed by atoms with Gasteiger partial charge in [0.25, 0.3) is 0 Å². The van der Waals surface area contributed by atoms with Crippen molar-refractivity contribution in [3.05, 3.63) is 57.8 Å². The van der Waals surface area contributed by atoms with Crippen LogP contribution >= 0.6 is 11.3 Å². The number of hydrogen-bond donors (Lipinski definition) is 1. The smallest absolute Gasteiger partial charge is 0.328 e. The SMILES string of the molecule is CCc1cccc(OCc2cc(C=CC(=O)O)cs2)c1. The maximum Gasteiger partial charge on any atom is 0.328 e. The second-order valence-corrected chi connectivity index (χ2v) is 5.30. The summed E-state index contributed by atoms with van der Waals surface area (Å²) in [4.78, 5) is 11.5. The third-order valence-electron chi connectivity index (χ3n) is 2.78. The zero-order valence-electron chi connectivity index (χ0n) is 11.2. The molecule has 1 N–H and O–H groups in total. The average Bonchev–Trinajstić information content (AvgIpc) is 2.91. The summed E-state index contributed by atoms with van der Waals surface area (Å²) in [5.41, 5.74) is 2.14. The molecule has 1 aromatic heterocycles. The summed E-state index contributed by atoms with van der Waals surface area (Å²) in [5, 5.41) is 10.5. The van der Waals surface area contributed by atoms with Crippen LogP contribution in [0.2, 0.25) is 0 Å². The number of hydrogen-bond acceptors (Lipinski definition) is 3. The Morgan fingerprint density at radius 3 is 3.00 bits per heavy atom.